The van der Waals surface area contributed by atoms with E-state index < -0.39 is 34.2 Å². The van der Waals surface area contributed by atoms with Gasteiger partial charge < -0.3 is 10.4 Å². The van der Waals surface area contributed by atoms with Gasteiger partial charge in [-0.1, -0.05) is 6.92 Å². The molecule has 0 fully saturated rings. The molecular weight excluding hydrogens is 271 g/mol. The summed E-state index contributed by atoms with van der Waals surface area (Å²) < 4.78 is 13.1. The lowest BCUT2D eigenvalue weighted by molar-refractivity contribution is -0.387. The number of hydrogen-bond donors (Lipinski definition) is 2. The zero-order valence-electron chi connectivity index (χ0n) is 10.6. The number of nitrogens with zero attached hydrogens (tertiary/aromatic N) is 1. The number of nitrogens with one attached hydrogen (secondary N) is 1. The Morgan fingerprint density at radius 1 is 1.50 bits per heavy atom. The van der Waals surface area contributed by atoms with Gasteiger partial charge in [0.25, 0.3) is 5.91 Å². The van der Waals surface area contributed by atoms with E-state index in [9.17, 15) is 24.1 Å². The van der Waals surface area contributed by atoms with Crippen molar-refractivity contribution in [3.05, 3.63) is 39.7 Å². The van der Waals surface area contributed by atoms with E-state index in [0.717, 1.165) is 18.2 Å². The summed E-state index contributed by atoms with van der Waals surface area (Å²) in [6.07, 6.45) is 0.227. The van der Waals surface area contributed by atoms with E-state index in [4.69, 9.17) is 5.11 Å². The van der Waals surface area contributed by atoms with Crippen LogP contribution in [0.25, 0.3) is 0 Å². The number of hydrogen-bond acceptors (Lipinski definition) is 4. The van der Waals surface area contributed by atoms with E-state index in [-0.39, 0.29) is 18.5 Å². The molecule has 0 aliphatic rings. The van der Waals surface area contributed by atoms with Gasteiger partial charge in [-0.05, 0) is 18.6 Å². The molecule has 0 radical (unpaired) electrons. The van der Waals surface area contributed by atoms with Crippen LogP contribution in [0.2, 0.25) is 0 Å². The first-order valence-corrected chi connectivity index (χ1v) is 5.78. The number of carbonyl (C=O) groups excluding carboxylic acids is 1. The Morgan fingerprint density at radius 3 is 2.70 bits per heavy atom. The number of carboxylic acids is 1. The van der Waals surface area contributed by atoms with E-state index in [2.05, 4.69) is 5.32 Å². The third-order valence-electron chi connectivity index (χ3n) is 2.69. The third-order valence-corrected chi connectivity index (χ3v) is 2.69. The molecule has 0 saturated heterocycles. The summed E-state index contributed by atoms with van der Waals surface area (Å²) in [4.78, 5) is 31.9. The highest BCUT2D eigenvalue weighted by Gasteiger charge is 2.17. The van der Waals surface area contributed by atoms with Crippen molar-refractivity contribution in [2.45, 2.75) is 13.3 Å². The summed E-state index contributed by atoms with van der Waals surface area (Å²) in [5, 5.41) is 21.6. The van der Waals surface area contributed by atoms with Crippen molar-refractivity contribution >= 4 is 17.6 Å². The lowest BCUT2D eigenvalue weighted by Crippen LogP contribution is -2.27. The van der Waals surface area contributed by atoms with Crippen molar-refractivity contribution in [2.75, 3.05) is 6.54 Å². The van der Waals surface area contributed by atoms with Crippen molar-refractivity contribution in [1.29, 1.82) is 0 Å². The predicted molar refractivity (Wildman–Crippen MR) is 66.8 cm³/mol. The van der Waals surface area contributed by atoms with Gasteiger partial charge in [0.15, 0.2) is 0 Å². The molecule has 8 heteroatoms. The molecule has 2 N–H and O–H groups in total. The molecule has 0 heterocycles. The first-order valence-electron chi connectivity index (χ1n) is 5.78. The SMILES string of the molecule is CC(CCNC(=O)c1ccc(F)c([N+](=O)[O-])c1)C(=O)O. The maximum absolute atomic E-state index is 13.1. The van der Waals surface area contributed by atoms with Crippen LogP contribution in [-0.2, 0) is 4.79 Å². The zero-order chi connectivity index (χ0) is 15.3. The number of benzene rings is 1. The molecular formula is C12H13FN2O5. The second kappa shape index (κ2) is 6.60. The minimum atomic E-state index is -1.02. The highest BCUT2D eigenvalue weighted by Crippen LogP contribution is 2.18. The second-order valence-corrected chi connectivity index (χ2v) is 4.21. The van der Waals surface area contributed by atoms with Crippen LogP contribution in [0.4, 0.5) is 10.1 Å². The number of nitro groups is 1. The lowest BCUT2D eigenvalue weighted by Gasteiger charge is -2.08. The standard InChI is InChI=1S/C12H13FN2O5/c1-7(12(17)18)4-5-14-11(16)8-2-3-9(13)10(6-8)15(19)20/h2-3,6-7H,4-5H2,1H3,(H,14,16)(H,17,18). The van der Waals surface area contributed by atoms with Crippen LogP contribution >= 0.6 is 0 Å². The Hall–Kier alpha value is -2.51. The van der Waals surface area contributed by atoms with Gasteiger partial charge in [0, 0.05) is 18.2 Å². The van der Waals surface area contributed by atoms with Crippen molar-refractivity contribution < 1.29 is 24.0 Å². The maximum Gasteiger partial charge on any atom is 0.306 e. The molecule has 1 amide bonds. The average molecular weight is 284 g/mol. The van der Waals surface area contributed by atoms with Gasteiger partial charge in [-0.3, -0.25) is 19.7 Å². The third kappa shape index (κ3) is 4.01. The van der Waals surface area contributed by atoms with Crippen LogP contribution in [0.1, 0.15) is 23.7 Å². The molecule has 0 bridgehead atoms. The Kier molecular flexibility index (Phi) is 5.13. The maximum atomic E-state index is 13.1. The summed E-state index contributed by atoms with van der Waals surface area (Å²) in [5.74, 6) is -3.23. The Labute approximate surface area is 113 Å². The normalized spacial score (nSPS) is 11.7. The second-order valence-electron chi connectivity index (χ2n) is 4.21. The fourth-order valence-electron chi connectivity index (χ4n) is 1.42. The molecule has 1 aromatic carbocycles. The molecule has 0 aliphatic carbocycles. The topological polar surface area (TPSA) is 110 Å². The summed E-state index contributed by atoms with van der Waals surface area (Å²) in [7, 11) is 0. The van der Waals surface area contributed by atoms with Crippen LogP contribution in [0.5, 0.6) is 0 Å². The minimum absolute atomic E-state index is 0.0546. The van der Waals surface area contributed by atoms with Crippen molar-refractivity contribution in [1.82, 2.24) is 5.32 Å². The summed E-state index contributed by atoms with van der Waals surface area (Å²) >= 11 is 0. The Balaban J connectivity index is 2.67. The van der Waals surface area contributed by atoms with Gasteiger partial charge >= 0.3 is 11.7 Å². The van der Waals surface area contributed by atoms with E-state index >= 15 is 0 Å². The fraction of sp³-hybridized carbons (Fsp3) is 0.333. The van der Waals surface area contributed by atoms with Gasteiger partial charge in [0.1, 0.15) is 0 Å². The Morgan fingerprint density at radius 2 is 2.15 bits per heavy atom. The van der Waals surface area contributed by atoms with Crippen LogP contribution < -0.4 is 5.32 Å². The lowest BCUT2D eigenvalue weighted by atomic mass is 10.1. The van der Waals surface area contributed by atoms with E-state index in [1.165, 1.54) is 6.92 Å². The number of nitro benzene ring substituents is 1. The smallest absolute Gasteiger partial charge is 0.306 e. The van der Waals surface area contributed by atoms with E-state index in [1.54, 1.807) is 0 Å². The van der Waals surface area contributed by atoms with E-state index in [0.29, 0.717) is 0 Å². The van der Waals surface area contributed by atoms with Gasteiger partial charge in [0.2, 0.25) is 5.82 Å². The zero-order valence-corrected chi connectivity index (χ0v) is 10.6. The average Bonchev–Trinajstić information content (AvgIpc) is 2.38. The van der Waals surface area contributed by atoms with Crippen LogP contribution in [-0.4, -0.2) is 28.5 Å². The molecule has 7 nitrogen and oxygen atoms in total. The van der Waals surface area contributed by atoms with Gasteiger partial charge in [0.05, 0.1) is 10.8 Å². The molecule has 0 saturated carbocycles. The molecule has 20 heavy (non-hydrogen) atoms. The number of amides is 1. The first kappa shape index (κ1) is 15.5. The predicted octanol–water partition coefficient (Wildman–Crippen LogP) is 1.57. The quantitative estimate of drug-likeness (QED) is 0.608. The molecule has 1 unspecified atom stereocenters. The Bertz CT molecular complexity index is 547. The monoisotopic (exact) mass is 284 g/mol. The number of rotatable bonds is 6. The molecule has 0 aliphatic heterocycles. The van der Waals surface area contributed by atoms with Gasteiger partial charge in [-0.15, -0.1) is 0 Å². The summed E-state index contributed by atoms with van der Waals surface area (Å²) in [5.41, 5.74) is -0.836. The number of carboxylic acid groups (broad SMARTS) is 1. The molecule has 1 rings (SSSR count). The highest BCUT2D eigenvalue weighted by molar-refractivity contribution is 5.94. The van der Waals surface area contributed by atoms with Gasteiger partial charge in [-0.2, -0.15) is 4.39 Å². The molecule has 1 aromatic rings. The minimum Gasteiger partial charge on any atom is -0.481 e. The summed E-state index contributed by atoms with van der Waals surface area (Å²) in [6, 6.07) is 2.80. The van der Waals surface area contributed by atoms with Crippen molar-refractivity contribution in [3.8, 4) is 0 Å². The number of halogens is 1. The van der Waals surface area contributed by atoms with Crippen LogP contribution in [0, 0.1) is 21.8 Å². The van der Waals surface area contributed by atoms with Crippen LogP contribution in [0.3, 0.4) is 0 Å². The number of aliphatic carboxylic acids is 1. The molecule has 108 valence electrons. The van der Waals surface area contributed by atoms with Crippen LogP contribution in [0.15, 0.2) is 18.2 Å². The molecule has 0 spiro atoms. The molecule has 1 atom stereocenters. The first-order chi connectivity index (χ1) is 9.32. The van der Waals surface area contributed by atoms with Crippen molar-refractivity contribution in [3.63, 3.8) is 0 Å². The van der Waals surface area contributed by atoms with Gasteiger partial charge in [-0.25, -0.2) is 0 Å². The number of carbonyl (C=O) groups is 2. The van der Waals surface area contributed by atoms with Crippen molar-refractivity contribution in [2.24, 2.45) is 5.92 Å². The largest absolute Gasteiger partial charge is 0.481 e. The van der Waals surface area contributed by atoms with E-state index in [1.807, 2.05) is 0 Å². The summed E-state index contributed by atoms with van der Waals surface area (Å²) in [6.45, 7) is 1.61. The molecule has 0 aromatic heterocycles. The fourth-order valence-corrected chi connectivity index (χ4v) is 1.42. The highest BCUT2D eigenvalue weighted by atomic mass is 19.1.